The highest BCUT2D eigenvalue weighted by atomic mass is 32.1. The Bertz CT molecular complexity index is 688. The van der Waals surface area contributed by atoms with Crippen molar-refractivity contribution in [2.75, 3.05) is 5.73 Å². The third-order valence-electron chi connectivity index (χ3n) is 2.77. The molecule has 0 spiro atoms. The van der Waals surface area contributed by atoms with Crippen molar-refractivity contribution in [2.45, 2.75) is 19.8 Å². The van der Waals surface area contributed by atoms with E-state index in [9.17, 15) is 0 Å². The average Bonchev–Trinajstić information content (AvgIpc) is 2.74. The first kappa shape index (κ1) is 10.5. The summed E-state index contributed by atoms with van der Waals surface area (Å²) in [6, 6.07) is 8.08. The first-order chi connectivity index (χ1) is 8.29. The molecule has 0 amide bonds. The molecule has 0 aliphatic carbocycles. The normalized spacial score (nSPS) is 11.4. The molecular weight excluding hydrogens is 230 g/mol. The van der Waals surface area contributed by atoms with Crippen LogP contribution in [0.25, 0.3) is 21.1 Å². The molecule has 0 unspecified atom stereocenters. The van der Waals surface area contributed by atoms with Crippen molar-refractivity contribution in [3.63, 3.8) is 0 Å². The second kappa shape index (κ2) is 3.96. The summed E-state index contributed by atoms with van der Waals surface area (Å²) in [6.07, 6.45) is 2.11. The fourth-order valence-electron chi connectivity index (χ4n) is 1.99. The molecule has 0 atom stereocenters. The van der Waals surface area contributed by atoms with Crippen molar-refractivity contribution in [1.29, 1.82) is 0 Å². The molecule has 0 aliphatic heterocycles. The van der Waals surface area contributed by atoms with Crippen molar-refractivity contribution in [3.05, 3.63) is 29.3 Å². The van der Waals surface area contributed by atoms with E-state index >= 15 is 0 Å². The number of nitrogen functional groups attached to an aromatic ring is 1. The lowest BCUT2D eigenvalue weighted by molar-refractivity contribution is 0.913. The summed E-state index contributed by atoms with van der Waals surface area (Å²) in [7, 11) is 0. The molecule has 0 aliphatic rings. The third kappa shape index (κ3) is 1.65. The zero-order chi connectivity index (χ0) is 11.8. The molecule has 2 aromatic heterocycles. The van der Waals surface area contributed by atoms with Gasteiger partial charge in [-0.25, -0.2) is 9.97 Å². The number of nitrogens with two attached hydrogens (primary N) is 1. The van der Waals surface area contributed by atoms with Crippen molar-refractivity contribution in [2.24, 2.45) is 0 Å². The molecule has 17 heavy (non-hydrogen) atoms. The Morgan fingerprint density at radius 2 is 2.06 bits per heavy atom. The van der Waals surface area contributed by atoms with Gasteiger partial charge >= 0.3 is 0 Å². The smallest absolute Gasteiger partial charge is 0.151 e. The molecule has 4 heteroatoms. The molecule has 0 bridgehead atoms. The Morgan fingerprint density at radius 1 is 1.24 bits per heavy atom. The average molecular weight is 243 g/mol. The summed E-state index contributed by atoms with van der Waals surface area (Å²) >= 11 is 1.73. The minimum absolute atomic E-state index is 0.539. The number of benzene rings is 1. The van der Waals surface area contributed by atoms with Crippen LogP contribution >= 0.6 is 11.3 Å². The van der Waals surface area contributed by atoms with Crippen LogP contribution in [-0.4, -0.2) is 9.97 Å². The van der Waals surface area contributed by atoms with E-state index in [0.717, 1.165) is 39.0 Å². The van der Waals surface area contributed by atoms with Gasteiger partial charge in [-0.15, -0.1) is 11.3 Å². The molecule has 3 rings (SSSR count). The first-order valence-electron chi connectivity index (χ1n) is 5.73. The highest BCUT2D eigenvalue weighted by Gasteiger charge is 2.11. The Kier molecular flexibility index (Phi) is 2.44. The summed E-state index contributed by atoms with van der Waals surface area (Å²) in [5.41, 5.74) is 7.77. The summed E-state index contributed by atoms with van der Waals surface area (Å²) in [5.74, 6) is 0.539. The number of aromatic nitrogens is 2. The van der Waals surface area contributed by atoms with E-state index in [2.05, 4.69) is 23.0 Å². The van der Waals surface area contributed by atoms with E-state index in [-0.39, 0.29) is 0 Å². The number of thiazole rings is 1. The highest BCUT2D eigenvalue weighted by Crippen LogP contribution is 2.32. The summed E-state index contributed by atoms with van der Waals surface area (Å²) in [6.45, 7) is 2.16. The molecule has 0 radical (unpaired) electrons. The minimum atomic E-state index is 0.539. The molecule has 2 N–H and O–H groups in total. The largest absolute Gasteiger partial charge is 0.382 e. The number of hydrogen-bond donors (Lipinski definition) is 1. The van der Waals surface area contributed by atoms with E-state index in [1.54, 1.807) is 11.3 Å². The SMILES string of the molecule is CCCc1nc2c(N)nc3ccccc3c2s1. The van der Waals surface area contributed by atoms with Crippen LogP contribution in [0, 0.1) is 0 Å². The van der Waals surface area contributed by atoms with Gasteiger partial charge in [-0.3, -0.25) is 0 Å². The van der Waals surface area contributed by atoms with Crippen molar-refractivity contribution < 1.29 is 0 Å². The maximum Gasteiger partial charge on any atom is 0.151 e. The highest BCUT2D eigenvalue weighted by molar-refractivity contribution is 7.19. The molecule has 1 aromatic carbocycles. The number of pyridine rings is 1. The van der Waals surface area contributed by atoms with Crippen LogP contribution in [0.3, 0.4) is 0 Å². The summed E-state index contributed by atoms with van der Waals surface area (Å²) in [5, 5.41) is 2.30. The van der Waals surface area contributed by atoms with Crippen LogP contribution in [0.5, 0.6) is 0 Å². The second-order valence-corrected chi connectivity index (χ2v) is 5.13. The number of anilines is 1. The maximum atomic E-state index is 5.96. The third-order valence-corrected chi connectivity index (χ3v) is 3.92. The number of aryl methyl sites for hydroxylation is 1. The first-order valence-corrected chi connectivity index (χ1v) is 6.55. The van der Waals surface area contributed by atoms with Gasteiger partial charge in [0.1, 0.15) is 5.52 Å². The van der Waals surface area contributed by atoms with Crippen molar-refractivity contribution >= 4 is 38.3 Å². The Hall–Kier alpha value is -1.68. The van der Waals surface area contributed by atoms with Crippen LogP contribution < -0.4 is 5.73 Å². The lowest BCUT2D eigenvalue weighted by Crippen LogP contribution is -1.92. The van der Waals surface area contributed by atoms with Gasteiger partial charge in [-0.2, -0.15) is 0 Å². The van der Waals surface area contributed by atoms with Crippen LogP contribution in [0.2, 0.25) is 0 Å². The van der Waals surface area contributed by atoms with Gasteiger partial charge < -0.3 is 5.73 Å². The summed E-state index contributed by atoms with van der Waals surface area (Å²) in [4.78, 5) is 8.98. The lowest BCUT2D eigenvalue weighted by atomic mass is 10.2. The zero-order valence-corrected chi connectivity index (χ0v) is 10.4. The fourth-order valence-corrected chi connectivity index (χ4v) is 3.20. The van der Waals surface area contributed by atoms with Gasteiger partial charge in [0, 0.05) is 5.39 Å². The summed E-state index contributed by atoms with van der Waals surface area (Å²) < 4.78 is 1.16. The molecule has 3 aromatic rings. The molecule has 0 saturated heterocycles. The number of hydrogen-bond acceptors (Lipinski definition) is 4. The van der Waals surface area contributed by atoms with Gasteiger partial charge in [0.15, 0.2) is 5.82 Å². The number of nitrogens with zero attached hydrogens (tertiary/aromatic N) is 2. The predicted octanol–water partition coefficient (Wildman–Crippen LogP) is 3.38. The van der Waals surface area contributed by atoms with E-state index < -0.39 is 0 Å². The molecular formula is C13H13N3S. The molecule has 0 fully saturated rings. The van der Waals surface area contributed by atoms with Gasteiger partial charge in [-0.05, 0) is 18.9 Å². The molecule has 2 heterocycles. The maximum absolute atomic E-state index is 5.96. The van der Waals surface area contributed by atoms with Crippen LogP contribution in [0.4, 0.5) is 5.82 Å². The van der Waals surface area contributed by atoms with E-state index in [1.807, 2.05) is 18.2 Å². The van der Waals surface area contributed by atoms with Crippen LogP contribution in [0.15, 0.2) is 24.3 Å². The standard InChI is InChI=1S/C13H13N3S/c1-2-5-10-16-11-12(17-10)8-6-3-4-7-9(8)15-13(11)14/h3-4,6-7H,2,5H2,1H3,(H2,14,15). The Morgan fingerprint density at radius 3 is 2.88 bits per heavy atom. The molecule has 3 nitrogen and oxygen atoms in total. The van der Waals surface area contributed by atoms with E-state index in [0.29, 0.717) is 5.82 Å². The number of para-hydroxylation sites is 1. The van der Waals surface area contributed by atoms with E-state index in [4.69, 9.17) is 5.73 Å². The van der Waals surface area contributed by atoms with Crippen molar-refractivity contribution in [3.8, 4) is 0 Å². The lowest BCUT2D eigenvalue weighted by Gasteiger charge is -1.99. The zero-order valence-electron chi connectivity index (χ0n) is 9.60. The van der Waals surface area contributed by atoms with Crippen LogP contribution in [0.1, 0.15) is 18.4 Å². The monoisotopic (exact) mass is 243 g/mol. The number of rotatable bonds is 2. The molecule has 0 saturated carbocycles. The van der Waals surface area contributed by atoms with Gasteiger partial charge in [0.25, 0.3) is 0 Å². The number of fused-ring (bicyclic) bond motifs is 3. The molecule has 86 valence electrons. The Labute approximate surface area is 103 Å². The quantitative estimate of drug-likeness (QED) is 0.750. The second-order valence-electron chi connectivity index (χ2n) is 4.05. The minimum Gasteiger partial charge on any atom is -0.382 e. The van der Waals surface area contributed by atoms with Gasteiger partial charge in [-0.1, -0.05) is 25.1 Å². The van der Waals surface area contributed by atoms with Gasteiger partial charge in [0.2, 0.25) is 0 Å². The van der Waals surface area contributed by atoms with E-state index in [1.165, 1.54) is 0 Å². The van der Waals surface area contributed by atoms with Crippen LogP contribution in [-0.2, 0) is 6.42 Å². The topological polar surface area (TPSA) is 51.8 Å². The predicted molar refractivity (Wildman–Crippen MR) is 73.3 cm³/mol. The fraction of sp³-hybridized carbons (Fsp3) is 0.231. The Balaban J connectivity index is 2.39. The van der Waals surface area contributed by atoms with Crippen molar-refractivity contribution in [1.82, 2.24) is 9.97 Å². The van der Waals surface area contributed by atoms with Gasteiger partial charge in [0.05, 0.1) is 15.2 Å².